The second kappa shape index (κ2) is 10.4. The van der Waals surface area contributed by atoms with Crippen molar-refractivity contribution in [2.24, 2.45) is 5.10 Å². The summed E-state index contributed by atoms with van der Waals surface area (Å²) in [4.78, 5) is 24.2. The van der Waals surface area contributed by atoms with E-state index in [1.54, 1.807) is 48.5 Å². The lowest BCUT2D eigenvalue weighted by atomic mass is 10.1. The summed E-state index contributed by atoms with van der Waals surface area (Å²) in [6, 6.07) is 19.0. The van der Waals surface area contributed by atoms with Crippen molar-refractivity contribution >= 4 is 29.7 Å². The number of rotatable bonds is 7. The second-order valence-electron chi connectivity index (χ2n) is 6.77. The highest BCUT2D eigenvalue weighted by molar-refractivity contribution is 6.33. The highest BCUT2D eigenvalue weighted by atomic mass is 35.5. The molecule has 0 aromatic heterocycles. The molecular weight excluding hydrogens is 416 g/mol. The summed E-state index contributed by atoms with van der Waals surface area (Å²) in [6.45, 7) is 3.83. The molecule has 0 radical (unpaired) electrons. The Hall–Kier alpha value is -3.64. The van der Waals surface area contributed by atoms with E-state index in [2.05, 4.69) is 10.5 Å². The number of benzene rings is 3. The van der Waals surface area contributed by atoms with Crippen molar-refractivity contribution in [1.82, 2.24) is 5.43 Å². The number of carbonyl (C=O) groups excluding carboxylic acids is 2. The van der Waals surface area contributed by atoms with Crippen LogP contribution in [0.25, 0.3) is 0 Å². The molecule has 31 heavy (non-hydrogen) atoms. The number of hydrogen-bond acceptors (Lipinski definition) is 5. The van der Waals surface area contributed by atoms with Crippen LogP contribution in [0.15, 0.2) is 71.8 Å². The van der Waals surface area contributed by atoms with Crippen LogP contribution >= 0.6 is 11.6 Å². The van der Waals surface area contributed by atoms with E-state index in [0.717, 1.165) is 11.1 Å². The zero-order valence-electron chi connectivity index (χ0n) is 17.1. The van der Waals surface area contributed by atoms with E-state index in [0.29, 0.717) is 22.1 Å². The van der Waals surface area contributed by atoms with Gasteiger partial charge in [0.2, 0.25) is 0 Å². The van der Waals surface area contributed by atoms with Crippen molar-refractivity contribution in [2.75, 3.05) is 6.61 Å². The van der Waals surface area contributed by atoms with Gasteiger partial charge in [0.1, 0.15) is 11.5 Å². The number of ether oxygens (including phenoxy) is 2. The molecule has 0 bridgehead atoms. The lowest BCUT2D eigenvalue weighted by Crippen LogP contribution is -2.24. The summed E-state index contributed by atoms with van der Waals surface area (Å²) < 4.78 is 10.8. The summed E-state index contributed by atoms with van der Waals surface area (Å²) in [5, 5.41) is 4.23. The number of amides is 1. The number of hydrogen-bond donors (Lipinski definition) is 1. The maximum atomic E-state index is 12.3. The van der Waals surface area contributed by atoms with Gasteiger partial charge < -0.3 is 9.47 Å². The minimum atomic E-state index is -0.559. The molecule has 0 atom stereocenters. The lowest BCUT2D eigenvalue weighted by molar-refractivity contribution is -0.123. The normalized spacial score (nSPS) is 10.7. The average Bonchev–Trinajstić information content (AvgIpc) is 2.75. The largest absolute Gasteiger partial charge is 0.484 e. The third-order valence-electron chi connectivity index (χ3n) is 4.41. The molecule has 1 amide bonds. The van der Waals surface area contributed by atoms with Crippen LogP contribution in [0.1, 0.15) is 27.0 Å². The van der Waals surface area contributed by atoms with E-state index in [1.807, 2.05) is 32.0 Å². The molecule has 1 N–H and O–H groups in total. The summed E-state index contributed by atoms with van der Waals surface area (Å²) in [5.41, 5.74) is 5.56. The smallest absolute Gasteiger partial charge is 0.345 e. The first kappa shape index (κ1) is 22.1. The minimum Gasteiger partial charge on any atom is -0.484 e. The van der Waals surface area contributed by atoms with Crippen LogP contribution in [0.2, 0.25) is 5.02 Å². The molecule has 0 unspecified atom stereocenters. The van der Waals surface area contributed by atoms with E-state index >= 15 is 0 Å². The number of nitrogens with zero attached hydrogens (tertiary/aromatic N) is 1. The molecule has 0 spiro atoms. The van der Waals surface area contributed by atoms with Crippen molar-refractivity contribution in [1.29, 1.82) is 0 Å². The molecule has 158 valence electrons. The molecule has 0 saturated heterocycles. The van der Waals surface area contributed by atoms with Gasteiger partial charge in [-0.05, 0) is 66.9 Å². The van der Waals surface area contributed by atoms with Gasteiger partial charge in [-0.15, -0.1) is 0 Å². The molecule has 0 heterocycles. The summed E-state index contributed by atoms with van der Waals surface area (Å²) >= 11 is 6.02. The Balaban J connectivity index is 1.53. The molecule has 0 saturated carbocycles. The number of aryl methyl sites for hydroxylation is 2. The first-order valence-electron chi connectivity index (χ1n) is 9.51. The van der Waals surface area contributed by atoms with Gasteiger partial charge in [0.15, 0.2) is 6.61 Å². The highest BCUT2D eigenvalue weighted by Gasteiger charge is 2.12. The standard InChI is InChI=1S/C24H21ClN2O4/c1-16-10-11-19(12-17(16)2)30-15-23(28)27-26-14-18-6-5-7-20(13-18)31-24(29)21-8-3-4-9-22(21)25/h3-14H,15H2,1-2H3,(H,27,28). The van der Waals surface area contributed by atoms with Gasteiger partial charge in [0.05, 0.1) is 16.8 Å². The molecular formula is C24H21ClN2O4. The Kier molecular flexibility index (Phi) is 7.40. The number of esters is 1. The van der Waals surface area contributed by atoms with Gasteiger partial charge in [0.25, 0.3) is 5.91 Å². The molecule has 0 aliphatic heterocycles. The third-order valence-corrected chi connectivity index (χ3v) is 4.74. The van der Waals surface area contributed by atoms with E-state index in [-0.39, 0.29) is 12.2 Å². The number of carbonyl (C=O) groups is 2. The topological polar surface area (TPSA) is 77.0 Å². The van der Waals surface area contributed by atoms with Crippen LogP contribution in [0, 0.1) is 13.8 Å². The maximum Gasteiger partial charge on any atom is 0.345 e. The van der Waals surface area contributed by atoms with Crippen LogP contribution in [0.5, 0.6) is 11.5 Å². The first-order chi connectivity index (χ1) is 14.9. The first-order valence-corrected chi connectivity index (χ1v) is 9.89. The van der Waals surface area contributed by atoms with Gasteiger partial charge in [-0.3, -0.25) is 4.79 Å². The van der Waals surface area contributed by atoms with E-state index in [4.69, 9.17) is 21.1 Å². The molecule has 7 heteroatoms. The molecule has 3 rings (SSSR count). The Morgan fingerprint density at radius 3 is 2.55 bits per heavy atom. The zero-order chi connectivity index (χ0) is 22.2. The summed E-state index contributed by atoms with van der Waals surface area (Å²) in [7, 11) is 0. The Labute approximate surface area is 185 Å². The molecule has 3 aromatic carbocycles. The molecule has 0 aliphatic carbocycles. The monoisotopic (exact) mass is 436 g/mol. The second-order valence-corrected chi connectivity index (χ2v) is 7.18. The van der Waals surface area contributed by atoms with Gasteiger partial charge >= 0.3 is 5.97 Å². The molecule has 6 nitrogen and oxygen atoms in total. The van der Waals surface area contributed by atoms with Crippen LogP contribution in [-0.2, 0) is 4.79 Å². The van der Waals surface area contributed by atoms with Crippen molar-refractivity contribution < 1.29 is 19.1 Å². The predicted molar refractivity (Wildman–Crippen MR) is 120 cm³/mol. The number of halogens is 1. The van der Waals surface area contributed by atoms with Crippen LogP contribution < -0.4 is 14.9 Å². The number of nitrogens with one attached hydrogen (secondary N) is 1. The van der Waals surface area contributed by atoms with Crippen molar-refractivity contribution in [3.8, 4) is 11.5 Å². The van der Waals surface area contributed by atoms with Crippen molar-refractivity contribution in [3.63, 3.8) is 0 Å². The van der Waals surface area contributed by atoms with Crippen molar-refractivity contribution in [2.45, 2.75) is 13.8 Å². The fourth-order valence-electron chi connectivity index (χ4n) is 2.61. The molecule has 0 fully saturated rings. The summed E-state index contributed by atoms with van der Waals surface area (Å²) in [6.07, 6.45) is 1.45. The minimum absolute atomic E-state index is 0.157. The fraction of sp³-hybridized carbons (Fsp3) is 0.125. The lowest BCUT2D eigenvalue weighted by Gasteiger charge is -2.07. The quantitative estimate of drug-likeness (QED) is 0.252. The number of hydrazone groups is 1. The Morgan fingerprint density at radius 2 is 1.77 bits per heavy atom. The van der Waals surface area contributed by atoms with Gasteiger partial charge in [-0.2, -0.15) is 5.10 Å². The fourth-order valence-corrected chi connectivity index (χ4v) is 2.82. The van der Waals surface area contributed by atoms with E-state index in [9.17, 15) is 9.59 Å². The average molecular weight is 437 g/mol. The van der Waals surface area contributed by atoms with Gasteiger partial charge in [0, 0.05) is 0 Å². The van der Waals surface area contributed by atoms with Crippen LogP contribution in [0.4, 0.5) is 0 Å². The zero-order valence-corrected chi connectivity index (χ0v) is 17.8. The van der Waals surface area contributed by atoms with Crippen LogP contribution in [0.3, 0.4) is 0 Å². The van der Waals surface area contributed by atoms with Gasteiger partial charge in [-0.1, -0.05) is 41.9 Å². The molecule has 3 aromatic rings. The maximum absolute atomic E-state index is 12.3. The van der Waals surface area contributed by atoms with Gasteiger partial charge in [-0.25, -0.2) is 10.2 Å². The molecule has 0 aliphatic rings. The predicted octanol–water partition coefficient (Wildman–Crippen LogP) is 4.71. The Bertz CT molecular complexity index is 1130. The Morgan fingerprint density at radius 1 is 0.968 bits per heavy atom. The van der Waals surface area contributed by atoms with E-state index in [1.165, 1.54) is 6.21 Å². The van der Waals surface area contributed by atoms with Crippen molar-refractivity contribution in [3.05, 3.63) is 94.0 Å². The highest BCUT2D eigenvalue weighted by Crippen LogP contribution is 2.19. The summed E-state index contributed by atoms with van der Waals surface area (Å²) in [5.74, 6) is 0.000740. The third kappa shape index (κ3) is 6.42. The van der Waals surface area contributed by atoms with Crippen LogP contribution in [-0.4, -0.2) is 24.7 Å². The van der Waals surface area contributed by atoms with E-state index < -0.39 is 11.9 Å². The SMILES string of the molecule is Cc1ccc(OCC(=O)NN=Cc2cccc(OC(=O)c3ccccc3Cl)c2)cc1C.